The number of carbonyl (C=O) groups excluding carboxylic acids is 1. The molecule has 0 aliphatic carbocycles. The normalized spacial score (nSPS) is 10.8. The minimum absolute atomic E-state index is 0. The molecule has 1 aromatic rings. The van der Waals surface area contributed by atoms with Crippen LogP contribution in [0.15, 0.2) is 23.2 Å². The van der Waals surface area contributed by atoms with Crippen LogP contribution in [0.2, 0.25) is 0 Å². The first-order valence-corrected chi connectivity index (χ1v) is 9.37. The molecule has 0 bridgehead atoms. The molecule has 0 aromatic heterocycles. The zero-order valence-corrected chi connectivity index (χ0v) is 19.9. The summed E-state index contributed by atoms with van der Waals surface area (Å²) >= 11 is 0. The molecule has 0 heterocycles. The molecular weight excluding hydrogens is 455 g/mol. The summed E-state index contributed by atoms with van der Waals surface area (Å²) in [6.07, 6.45) is 0.823. The van der Waals surface area contributed by atoms with Crippen LogP contribution in [0.3, 0.4) is 0 Å². The summed E-state index contributed by atoms with van der Waals surface area (Å²) in [5.41, 5.74) is 2.32. The van der Waals surface area contributed by atoms with Gasteiger partial charge in [-0.25, -0.2) is 0 Å². The zero-order chi connectivity index (χ0) is 19.5. The van der Waals surface area contributed by atoms with E-state index in [9.17, 15) is 4.79 Å². The van der Waals surface area contributed by atoms with Crippen LogP contribution in [0.1, 0.15) is 31.9 Å². The lowest BCUT2D eigenvalue weighted by molar-refractivity contribution is -0.131. The Morgan fingerprint density at radius 2 is 1.89 bits per heavy atom. The minimum atomic E-state index is 0. The van der Waals surface area contributed by atoms with Gasteiger partial charge >= 0.3 is 0 Å². The maximum Gasteiger partial charge on any atom is 0.242 e. The number of halogens is 1. The Morgan fingerprint density at radius 1 is 1.22 bits per heavy atom. The first-order valence-electron chi connectivity index (χ1n) is 9.37. The molecule has 0 radical (unpaired) electrons. The van der Waals surface area contributed by atoms with E-state index in [0.717, 1.165) is 43.3 Å². The Hall–Kier alpha value is -1.51. The van der Waals surface area contributed by atoms with Crippen molar-refractivity contribution in [3.05, 3.63) is 29.3 Å². The van der Waals surface area contributed by atoms with Gasteiger partial charge in [0.15, 0.2) is 5.96 Å². The van der Waals surface area contributed by atoms with Gasteiger partial charge in [0.1, 0.15) is 5.75 Å². The van der Waals surface area contributed by atoms with Gasteiger partial charge in [-0.2, -0.15) is 0 Å². The molecule has 27 heavy (non-hydrogen) atoms. The minimum Gasteiger partial charge on any atom is -0.496 e. The fourth-order valence-electron chi connectivity index (χ4n) is 2.73. The SMILES string of the molecule is CCNC(=NCCc1ccc(C)c(OC)c1)N(C)CC(=O)N(CC)CC.I. The number of aryl methyl sites for hydroxylation is 1. The van der Waals surface area contributed by atoms with Gasteiger partial charge in [0.25, 0.3) is 0 Å². The highest BCUT2D eigenvalue weighted by Gasteiger charge is 2.14. The highest BCUT2D eigenvalue weighted by molar-refractivity contribution is 14.0. The van der Waals surface area contributed by atoms with E-state index in [0.29, 0.717) is 13.1 Å². The van der Waals surface area contributed by atoms with Crippen molar-refractivity contribution in [1.82, 2.24) is 15.1 Å². The molecule has 0 fully saturated rings. The Bertz CT molecular complexity index is 604. The lowest BCUT2D eigenvalue weighted by Crippen LogP contribution is -2.45. The van der Waals surface area contributed by atoms with Crippen molar-refractivity contribution in [2.75, 3.05) is 46.9 Å². The monoisotopic (exact) mass is 490 g/mol. The molecule has 0 spiro atoms. The van der Waals surface area contributed by atoms with E-state index in [4.69, 9.17) is 4.74 Å². The molecule has 0 aliphatic rings. The van der Waals surface area contributed by atoms with Gasteiger partial charge in [0, 0.05) is 33.2 Å². The number of amides is 1. The molecule has 0 saturated heterocycles. The Balaban J connectivity index is 0.00000676. The number of methoxy groups -OCH3 is 1. The van der Waals surface area contributed by atoms with Crippen molar-refractivity contribution in [2.45, 2.75) is 34.1 Å². The van der Waals surface area contributed by atoms with E-state index in [1.165, 1.54) is 5.56 Å². The molecule has 0 atom stereocenters. The predicted molar refractivity (Wildman–Crippen MR) is 123 cm³/mol. The third kappa shape index (κ3) is 8.36. The highest BCUT2D eigenvalue weighted by Crippen LogP contribution is 2.19. The smallest absolute Gasteiger partial charge is 0.242 e. The molecule has 0 saturated carbocycles. The largest absolute Gasteiger partial charge is 0.496 e. The second-order valence-corrected chi connectivity index (χ2v) is 6.21. The predicted octanol–water partition coefficient (Wildman–Crippen LogP) is 2.93. The highest BCUT2D eigenvalue weighted by atomic mass is 127. The first kappa shape index (κ1) is 25.5. The number of rotatable bonds is 9. The van der Waals surface area contributed by atoms with Crippen LogP contribution in [0.25, 0.3) is 0 Å². The maximum absolute atomic E-state index is 12.3. The van der Waals surface area contributed by atoms with E-state index in [2.05, 4.69) is 28.5 Å². The molecular formula is C20H35IN4O2. The van der Waals surface area contributed by atoms with Crippen LogP contribution < -0.4 is 10.1 Å². The molecule has 6 nitrogen and oxygen atoms in total. The lowest BCUT2D eigenvalue weighted by atomic mass is 10.1. The number of ether oxygens (including phenoxy) is 1. The summed E-state index contributed by atoms with van der Waals surface area (Å²) in [4.78, 5) is 20.7. The maximum atomic E-state index is 12.3. The van der Waals surface area contributed by atoms with Gasteiger partial charge in [-0.15, -0.1) is 24.0 Å². The number of carbonyl (C=O) groups is 1. The molecule has 1 aromatic carbocycles. The average Bonchev–Trinajstić information content (AvgIpc) is 2.63. The summed E-state index contributed by atoms with van der Waals surface area (Å²) in [5, 5.41) is 3.26. The number of hydrogen-bond acceptors (Lipinski definition) is 3. The number of nitrogens with one attached hydrogen (secondary N) is 1. The number of benzene rings is 1. The summed E-state index contributed by atoms with van der Waals surface area (Å²) in [6, 6.07) is 6.23. The van der Waals surface area contributed by atoms with Crippen molar-refractivity contribution < 1.29 is 9.53 Å². The van der Waals surface area contributed by atoms with E-state index >= 15 is 0 Å². The van der Waals surface area contributed by atoms with E-state index in [1.54, 1.807) is 7.11 Å². The first-order chi connectivity index (χ1) is 12.5. The Morgan fingerprint density at radius 3 is 2.44 bits per heavy atom. The standard InChI is InChI=1S/C20H34N4O2.HI/c1-7-21-20(23(5)15-19(25)24(8-2)9-3)22-13-12-17-11-10-16(4)18(14-17)26-6;/h10-11,14H,7-9,12-13,15H2,1-6H3,(H,21,22);1H. The van der Waals surface area contributed by atoms with E-state index < -0.39 is 0 Å². The van der Waals surface area contributed by atoms with Crippen molar-refractivity contribution in [1.29, 1.82) is 0 Å². The van der Waals surface area contributed by atoms with Crippen LogP contribution in [0, 0.1) is 6.92 Å². The summed E-state index contributed by atoms with van der Waals surface area (Å²) in [7, 11) is 3.59. The molecule has 1 rings (SSSR count). The molecule has 154 valence electrons. The van der Waals surface area contributed by atoms with Crippen molar-refractivity contribution >= 4 is 35.8 Å². The Labute approximate surface area is 181 Å². The van der Waals surface area contributed by atoms with E-state index in [1.807, 2.05) is 44.5 Å². The van der Waals surface area contributed by atoms with Crippen LogP contribution in [-0.4, -0.2) is 68.5 Å². The number of nitrogens with zero attached hydrogens (tertiary/aromatic N) is 3. The Kier molecular flexibility index (Phi) is 12.9. The fraction of sp³-hybridized carbons (Fsp3) is 0.600. The lowest BCUT2D eigenvalue weighted by Gasteiger charge is -2.25. The summed E-state index contributed by atoms with van der Waals surface area (Å²) < 4.78 is 5.38. The number of likely N-dealkylation sites (N-methyl/N-ethyl adjacent to an activating group) is 2. The van der Waals surface area contributed by atoms with Gasteiger partial charge in [0.2, 0.25) is 5.91 Å². The van der Waals surface area contributed by atoms with Gasteiger partial charge in [-0.05, 0) is 51.3 Å². The fourth-order valence-corrected chi connectivity index (χ4v) is 2.73. The van der Waals surface area contributed by atoms with Crippen LogP contribution in [0.5, 0.6) is 5.75 Å². The second-order valence-electron chi connectivity index (χ2n) is 6.21. The number of guanidine groups is 1. The second kappa shape index (κ2) is 13.6. The zero-order valence-electron chi connectivity index (χ0n) is 17.5. The topological polar surface area (TPSA) is 57.2 Å². The molecule has 0 aliphatic heterocycles. The van der Waals surface area contributed by atoms with Crippen molar-refractivity contribution in [3.63, 3.8) is 0 Å². The molecule has 1 N–H and O–H groups in total. The number of aliphatic imine (C=N–C) groups is 1. The summed E-state index contributed by atoms with van der Waals surface area (Å²) in [6.45, 7) is 11.3. The van der Waals surface area contributed by atoms with Gasteiger partial charge < -0.3 is 19.9 Å². The van der Waals surface area contributed by atoms with Crippen molar-refractivity contribution in [3.8, 4) is 5.75 Å². The van der Waals surface area contributed by atoms with Gasteiger partial charge in [-0.3, -0.25) is 9.79 Å². The van der Waals surface area contributed by atoms with Crippen LogP contribution in [-0.2, 0) is 11.2 Å². The molecule has 7 heteroatoms. The third-order valence-corrected chi connectivity index (χ3v) is 4.32. The summed E-state index contributed by atoms with van der Waals surface area (Å²) in [5.74, 6) is 1.78. The van der Waals surface area contributed by atoms with E-state index in [-0.39, 0.29) is 29.9 Å². The van der Waals surface area contributed by atoms with Gasteiger partial charge in [0.05, 0.1) is 13.7 Å². The van der Waals surface area contributed by atoms with Gasteiger partial charge in [-0.1, -0.05) is 12.1 Å². The third-order valence-electron chi connectivity index (χ3n) is 4.32. The molecule has 0 unspecified atom stereocenters. The molecule has 1 amide bonds. The van der Waals surface area contributed by atoms with Crippen molar-refractivity contribution in [2.24, 2.45) is 4.99 Å². The number of hydrogen-bond donors (Lipinski definition) is 1. The quantitative estimate of drug-likeness (QED) is 0.329. The van der Waals surface area contributed by atoms with Crippen LogP contribution >= 0.6 is 24.0 Å². The average molecular weight is 490 g/mol. The van der Waals surface area contributed by atoms with Crippen LogP contribution in [0.4, 0.5) is 0 Å².